The van der Waals surface area contributed by atoms with Gasteiger partial charge in [0, 0.05) is 37.9 Å². The fourth-order valence-corrected chi connectivity index (χ4v) is 2.60. The Balaban J connectivity index is 1.88. The molecule has 4 nitrogen and oxygen atoms in total. The number of rotatable bonds is 6. The van der Waals surface area contributed by atoms with Crippen LogP contribution in [0.25, 0.3) is 0 Å². The van der Waals surface area contributed by atoms with Crippen LogP contribution in [0.5, 0.6) is 0 Å². The lowest BCUT2D eigenvalue weighted by Crippen LogP contribution is -2.42. The first kappa shape index (κ1) is 14.0. The number of aryl methyl sites for hydroxylation is 1. The van der Waals surface area contributed by atoms with Crippen molar-refractivity contribution < 1.29 is 4.79 Å². The molecule has 1 aliphatic heterocycles. The minimum absolute atomic E-state index is 0.277. The highest BCUT2D eigenvalue weighted by atomic mass is 16.2. The lowest BCUT2D eigenvalue weighted by atomic mass is 10.1. The molecule has 1 atom stereocenters. The highest BCUT2D eigenvalue weighted by molar-refractivity contribution is 5.76. The van der Waals surface area contributed by atoms with Crippen molar-refractivity contribution in [2.75, 3.05) is 19.6 Å². The van der Waals surface area contributed by atoms with E-state index in [4.69, 9.17) is 0 Å². The Hall–Kier alpha value is -1.42. The van der Waals surface area contributed by atoms with Crippen LogP contribution in [0.3, 0.4) is 0 Å². The molecule has 1 saturated heterocycles. The molecule has 2 heterocycles. The predicted octanol–water partition coefficient (Wildman–Crippen LogP) is 1.61. The molecule has 0 bridgehead atoms. The van der Waals surface area contributed by atoms with Gasteiger partial charge in [-0.25, -0.2) is 0 Å². The third-order valence-electron chi connectivity index (χ3n) is 3.61. The van der Waals surface area contributed by atoms with Crippen LogP contribution in [0.15, 0.2) is 24.5 Å². The number of carbonyl (C=O) groups excluding carboxylic acids is 1. The first-order valence-corrected chi connectivity index (χ1v) is 7.20. The van der Waals surface area contributed by atoms with E-state index in [0.717, 1.165) is 44.5 Å². The maximum Gasteiger partial charge on any atom is 0.223 e. The second-order valence-electron chi connectivity index (χ2n) is 5.10. The van der Waals surface area contributed by atoms with Gasteiger partial charge in [0.05, 0.1) is 0 Å². The van der Waals surface area contributed by atoms with E-state index >= 15 is 0 Å². The first-order valence-electron chi connectivity index (χ1n) is 7.20. The molecule has 1 amide bonds. The van der Waals surface area contributed by atoms with Crippen molar-refractivity contribution in [1.82, 2.24) is 15.2 Å². The Morgan fingerprint density at radius 2 is 2.47 bits per heavy atom. The molecular weight excluding hydrogens is 238 g/mol. The second kappa shape index (κ2) is 7.24. The maximum absolute atomic E-state index is 12.4. The molecule has 4 heteroatoms. The van der Waals surface area contributed by atoms with Crippen molar-refractivity contribution in [3.63, 3.8) is 0 Å². The van der Waals surface area contributed by atoms with Crippen LogP contribution in [0.1, 0.15) is 31.7 Å². The van der Waals surface area contributed by atoms with Crippen molar-refractivity contribution in [1.29, 1.82) is 0 Å². The molecule has 1 aliphatic rings. The molecule has 0 saturated carbocycles. The van der Waals surface area contributed by atoms with Crippen LogP contribution in [-0.2, 0) is 11.2 Å². The Morgan fingerprint density at radius 3 is 3.11 bits per heavy atom. The van der Waals surface area contributed by atoms with Crippen molar-refractivity contribution in [3.05, 3.63) is 30.1 Å². The average molecular weight is 261 g/mol. The summed E-state index contributed by atoms with van der Waals surface area (Å²) in [6.45, 7) is 4.97. The molecule has 0 radical (unpaired) electrons. The van der Waals surface area contributed by atoms with Gasteiger partial charge in [0.1, 0.15) is 0 Å². The monoisotopic (exact) mass is 261 g/mol. The van der Waals surface area contributed by atoms with Gasteiger partial charge in [0.15, 0.2) is 0 Å². The van der Waals surface area contributed by atoms with Gasteiger partial charge in [-0.2, -0.15) is 0 Å². The molecule has 19 heavy (non-hydrogen) atoms. The number of amides is 1. The van der Waals surface area contributed by atoms with Gasteiger partial charge >= 0.3 is 0 Å². The summed E-state index contributed by atoms with van der Waals surface area (Å²) < 4.78 is 0. The van der Waals surface area contributed by atoms with Gasteiger partial charge < -0.3 is 10.2 Å². The summed E-state index contributed by atoms with van der Waals surface area (Å²) in [6.07, 6.45) is 7.08. The van der Waals surface area contributed by atoms with Crippen LogP contribution < -0.4 is 5.32 Å². The lowest BCUT2D eigenvalue weighted by molar-refractivity contribution is -0.133. The molecule has 0 aromatic carbocycles. The number of nitrogens with zero attached hydrogens (tertiary/aromatic N) is 2. The molecule has 1 unspecified atom stereocenters. The Labute approximate surface area is 115 Å². The van der Waals surface area contributed by atoms with E-state index in [9.17, 15) is 4.79 Å². The molecule has 1 aromatic rings. The fourth-order valence-electron chi connectivity index (χ4n) is 2.60. The smallest absolute Gasteiger partial charge is 0.223 e. The number of pyridine rings is 1. The largest absolute Gasteiger partial charge is 0.338 e. The Bertz CT molecular complexity index is 388. The first-order chi connectivity index (χ1) is 9.31. The summed E-state index contributed by atoms with van der Waals surface area (Å²) in [5.74, 6) is 0.277. The number of aromatic nitrogens is 1. The summed E-state index contributed by atoms with van der Waals surface area (Å²) in [5, 5.41) is 3.34. The minimum Gasteiger partial charge on any atom is -0.338 e. The van der Waals surface area contributed by atoms with E-state index in [-0.39, 0.29) is 5.91 Å². The summed E-state index contributed by atoms with van der Waals surface area (Å²) in [5.41, 5.74) is 1.14. The van der Waals surface area contributed by atoms with Gasteiger partial charge in [-0.05, 0) is 37.4 Å². The quantitative estimate of drug-likeness (QED) is 0.846. The summed E-state index contributed by atoms with van der Waals surface area (Å²) in [4.78, 5) is 18.5. The molecule has 104 valence electrons. The van der Waals surface area contributed by atoms with Crippen molar-refractivity contribution in [2.45, 2.75) is 38.6 Å². The number of nitrogens with one attached hydrogen (secondary N) is 1. The molecule has 1 fully saturated rings. The number of hydrogen-bond donors (Lipinski definition) is 1. The highest BCUT2D eigenvalue weighted by Gasteiger charge is 2.25. The number of carbonyl (C=O) groups is 1. The highest BCUT2D eigenvalue weighted by Crippen LogP contribution is 2.12. The van der Waals surface area contributed by atoms with Gasteiger partial charge in [0.2, 0.25) is 5.91 Å². The van der Waals surface area contributed by atoms with Crippen LogP contribution in [0, 0.1) is 0 Å². The number of hydrogen-bond acceptors (Lipinski definition) is 3. The standard InChI is InChI=1S/C15H23N3O/c1-2-10-18(14-7-9-17-12-14)15(19)6-5-13-4-3-8-16-11-13/h3-4,8,11,14,17H,2,5-7,9-10,12H2,1H3. The van der Waals surface area contributed by atoms with Gasteiger partial charge in [0.25, 0.3) is 0 Å². The maximum atomic E-state index is 12.4. The van der Waals surface area contributed by atoms with E-state index in [2.05, 4.69) is 22.1 Å². The molecular formula is C15H23N3O. The molecule has 1 N–H and O–H groups in total. The Morgan fingerprint density at radius 1 is 1.58 bits per heavy atom. The van der Waals surface area contributed by atoms with Gasteiger partial charge in [-0.3, -0.25) is 9.78 Å². The van der Waals surface area contributed by atoms with Crippen molar-refractivity contribution in [3.8, 4) is 0 Å². The average Bonchev–Trinajstić information content (AvgIpc) is 2.97. The summed E-state index contributed by atoms with van der Waals surface area (Å²) in [7, 11) is 0. The van der Waals surface area contributed by atoms with E-state index < -0.39 is 0 Å². The zero-order valence-electron chi connectivity index (χ0n) is 11.6. The second-order valence-corrected chi connectivity index (χ2v) is 5.10. The van der Waals surface area contributed by atoms with Crippen LogP contribution in [-0.4, -0.2) is 41.5 Å². The van der Waals surface area contributed by atoms with E-state index in [1.165, 1.54) is 0 Å². The van der Waals surface area contributed by atoms with Crippen molar-refractivity contribution >= 4 is 5.91 Å². The van der Waals surface area contributed by atoms with Gasteiger partial charge in [-0.1, -0.05) is 13.0 Å². The van der Waals surface area contributed by atoms with Crippen molar-refractivity contribution in [2.24, 2.45) is 0 Å². The molecule has 2 rings (SSSR count). The van der Waals surface area contributed by atoms with Crippen LogP contribution in [0.4, 0.5) is 0 Å². The third kappa shape index (κ3) is 4.03. The van der Waals surface area contributed by atoms with Gasteiger partial charge in [-0.15, -0.1) is 0 Å². The minimum atomic E-state index is 0.277. The normalized spacial score (nSPS) is 18.5. The zero-order chi connectivity index (χ0) is 13.5. The lowest BCUT2D eigenvalue weighted by Gasteiger charge is -2.28. The van der Waals surface area contributed by atoms with E-state index in [1.54, 1.807) is 6.20 Å². The molecule has 0 aliphatic carbocycles. The molecule has 1 aromatic heterocycles. The fraction of sp³-hybridized carbons (Fsp3) is 0.600. The Kier molecular flexibility index (Phi) is 5.33. The predicted molar refractivity (Wildman–Crippen MR) is 75.8 cm³/mol. The topological polar surface area (TPSA) is 45.2 Å². The SMILES string of the molecule is CCCN(C(=O)CCc1cccnc1)C1CCNC1. The summed E-state index contributed by atoms with van der Waals surface area (Å²) in [6, 6.07) is 4.34. The van der Waals surface area contributed by atoms with E-state index in [0.29, 0.717) is 12.5 Å². The third-order valence-corrected chi connectivity index (χ3v) is 3.61. The van der Waals surface area contributed by atoms with Crippen LogP contribution in [0.2, 0.25) is 0 Å². The zero-order valence-corrected chi connectivity index (χ0v) is 11.6. The van der Waals surface area contributed by atoms with Crippen LogP contribution >= 0.6 is 0 Å². The van der Waals surface area contributed by atoms with E-state index in [1.807, 2.05) is 18.3 Å². The molecule has 0 spiro atoms. The summed E-state index contributed by atoms with van der Waals surface area (Å²) >= 11 is 0.